The summed E-state index contributed by atoms with van der Waals surface area (Å²) in [4.78, 5) is 28.8. The molecular weight excluding hydrogens is 332 g/mol. The lowest BCUT2D eigenvalue weighted by atomic mass is 10.0. The number of fused-ring (bicyclic) bond motifs is 1. The Morgan fingerprint density at radius 2 is 1.96 bits per heavy atom. The van der Waals surface area contributed by atoms with Gasteiger partial charge in [-0.3, -0.25) is 9.89 Å². The fraction of sp³-hybridized carbons (Fsp3) is 0.150. The predicted molar refractivity (Wildman–Crippen MR) is 97.8 cm³/mol. The van der Waals surface area contributed by atoms with E-state index in [0.717, 1.165) is 28.1 Å². The molecule has 2 aliphatic rings. The van der Waals surface area contributed by atoms with Gasteiger partial charge in [-0.25, -0.2) is 9.59 Å². The Kier molecular flexibility index (Phi) is 4.01. The van der Waals surface area contributed by atoms with Gasteiger partial charge in [-0.05, 0) is 41.5 Å². The number of rotatable bonds is 4. The van der Waals surface area contributed by atoms with Crippen molar-refractivity contribution in [3.63, 3.8) is 0 Å². The highest BCUT2D eigenvalue weighted by Crippen LogP contribution is 2.27. The number of benzene rings is 2. The average Bonchev–Trinajstić information content (AvgIpc) is 3.25. The maximum atomic E-state index is 11.8. The molecule has 0 unspecified atom stereocenters. The third-order valence-electron chi connectivity index (χ3n) is 4.45. The van der Waals surface area contributed by atoms with E-state index in [2.05, 4.69) is 4.99 Å². The number of cyclic esters (lactones) is 1. The van der Waals surface area contributed by atoms with E-state index in [1.807, 2.05) is 30.4 Å². The van der Waals surface area contributed by atoms with Crippen molar-refractivity contribution < 1.29 is 19.4 Å². The summed E-state index contributed by atoms with van der Waals surface area (Å²) in [6, 6.07) is 12.5. The molecule has 0 spiro atoms. The quantitative estimate of drug-likeness (QED) is 0.919. The van der Waals surface area contributed by atoms with Gasteiger partial charge >= 0.3 is 12.1 Å². The van der Waals surface area contributed by atoms with E-state index in [4.69, 9.17) is 9.84 Å². The van der Waals surface area contributed by atoms with Crippen LogP contribution in [0.4, 0.5) is 10.5 Å². The first-order valence-electron chi connectivity index (χ1n) is 8.25. The van der Waals surface area contributed by atoms with Crippen LogP contribution in [0.1, 0.15) is 27.0 Å². The summed E-state index contributed by atoms with van der Waals surface area (Å²) in [6.07, 6.45) is 3.49. The molecule has 4 rings (SSSR count). The Balaban J connectivity index is 1.57. The van der Waals surface area contributed by atoms with Crippen molar-refractivity contribution in [1.82, 2.24) is 0 Å². The van der Waals surface area contributed by atoms with Gasteiger partial charge in [0.1, 0.15) is 6.61 Å². The maximum Gasteiger partial charge on any atom is 0.414 e. The van der Waals surface area contributed by atoms with Crippen LogP contribution in [0.3, 0.4) is 0 Å². The van der Waals surface area contributed by atoms with Crippen LogP contribution in [-0.4, -0.2) is 36.0 Å². The van der Waals surface area contributed by atoms with Crippen molar-refractivity contribution in [1.29, 1.82) is 0 Å². The van der Waals surface area contributed by atoms with Crippen molar-refractivity contribution in [2.75, 3.05) is 18.1 Å². The molecule has 1 fully saturated rings. The molecule has 0 aliphatic carbocycles. The molecule has 1 amide bonds. The van der Waals surface area contributed by atoms with Gasteiger partial charge in [0.25, 0.3) is 0 Å². The molecule has 1 saturated heterocycles. The van der Waals surface area contributed by atoms with Crippen LogP contribution in [0.2, 0.25) is 0 Å². The Bertz CT molecular complexity index is 945. The van der Waals surface area contributed by atoms with Gasteiger partial charge in [-0.2, -0.15) is 0 Å². The Hall–Kier alpha value is -3.41. The van der Waals surface area contributed by atoms with Crippen molar-refractivity contribution in [3.05, 3.63) is 70.8 Å². The number of anilines is 1. The summed E-state index contributed by atoms with van der Waals surface area (Å²) in [5.41, 5.74) is 4.91. The molecule has 6 nitrogen and oxygen atoms in total. The molecule has 2 aromatic carbocycles. The van der Waals surface area contributed by atoms with E-state index >= 15 is 0 Å². The monoisotopic (exact) mass is 348 g/mol. The second-order valence-electron chi connectivity index (χ2n) is 6.07. The molecule has 0 bridgehead atoms. The number of nitrogens with zero attached hydrogens (tertiary/aromatic N) is 2. The number of aromatic carboxylic acids is 1. The Morgan fingerprint density at radius 1 is 1.15 bits per heavy atom. The minimum absolute atomic E-state index is 0.257. The first-order valence-corrected chi connectivity index (χ1v) is 8.25. The van der Waals surface area contributed by atoms with Crippen LogP contribution < -0.4 is 4.90 Å². The van der Waals surface area contributed by atoms with E-state index in [9.17, 15) is 9.59 Å². The predicted octanol–water partition coefficient (Wildman–Crippen LogP) is 3.36. The smallest absolute Gasteiger partial charge is 0.414 e. The van der Waals surface area contributed by atoms with Gasteiger partial charge in [0.05, 0.1) is 24.4 Å². The Morgan fingerprint density at radius 3 is 2.65 bits per heavy atom. The average molecular weight is 348 g/mol. The molecule has 0 atom stereocenters. The molecule has 6 heteroatoms. The summed E-state index contributed by atoms with van der Waals surface area (Å²) in [7, 11) is 0. The molecule has 0 saturated carbocycles. The minimum atomic E-state index is -0.942. The number of allylic oxidation sites excluding steroid dienone is 1. The summed E-state index contributed by atoms with van der Waals surface area (Å²) >= 11 is 0. The lowest BCUT2D eigenvalue weighted by Gasteiger charge is -2.14. The molecule has 2 heterocycles. The highest BCUT2D eigenvalue weighted by molar-refractivity contribution is 6.13. The van der Waals surface area contributed by atoms with Crippen molar-refractivity contribution in [2.24, 2.45) is 4.99 Å². The fourth-order valence-corrected chi connectivity index (χ4v) is 3.05. The second kappa shape index (κ2) is 6.48. The van der Waals surface area contributed by atoms with Gasteiger partial charge < -0.3 is 9.84 Å². The van der Waals surface area contributed by atoms with Gasteiger partial charge in [-0.1, -0.05) is 24.3 Å². The molecule has 130 valence electrons. The summed E-state index contributed by atoms with van der Waals surface area (Å²) in [6.45, 7) is 1.57. The number of hydrogen-bond donors (Lipinski definition) is 1. The Labute approximate surface area is 150 Å². The number of hydrogen-bond acceptors (Lipinski definition) is 4. The van der Waals surface area contributed by atoms with Gasteiger partial charge in [-0.15, -0.1) is 0 Å². The van der Waals surface area contributed by atoms with Crippen LogP contribution in [0, 0.1) is 0 Å². The fourth-order valence-electron chi connectivity index (χ4n) is 3.05. The maximum absolute atomic E-state index is 11.8. The molecule has 1 N–H and O–H groups in total. The molecule has 26 heavy (non-hydrogen) atoms. The lowest BCUT2D eigenvalue weighted by molar-refractivity contribution is 0.0697. The minimum Gasteiger partial charge on any atom is -0.478 e. The molecule has 2 aliphatic heterocycles. The summed E-state index contributed by atoms with van der Waals surface area (Å²) in [5.74, 6) is -0.942. The summed E-state index contributed by atoms with van der Waals surface area (Å²) in [5, 5.41) is 8.95. The molecule has 0 aromatic heterocycles. The largest absolute Gasteiger partial charge is 0.478 e. The standard InChI is InChI=1S/C20H16N2O4/c23-19(24)14-4-1-13(2-5-14)3-8-18-17-11-16(7-6-15(17)12-21-18)22-9-10-26-20(22)25/h1-8,11H,9-10,12H2,(H,23,24)/b8-3+. The van der Waals surface area contributed by atoms with Crippen molar-refractivity contribution >= 4 is 29.5 Å². The van der Waals surface area contributed by atoms with Crippen LogP contribution in [0.5, 0.6) is 0 Å². The van der Waals surface area contributed by atoms with Gasteiger partial charge in [0.2, 0.25) is 0 Å². The van der Waals surface area contributed by atoms with E-state index in [-0.39, 0.29) is 11.7 Å². The first kappa shape index (κ1) is 16.1. The van der Waals surface area contributed by atoms with Crippen molar-refractivity contribution in [3.8, 4) is 0 Å². The highest BCUT2D eigenvalue weighted by Gasteiger charge is 2.25. The van der Waals surface area contributed by atoms with Crippen LogP contribution in [-0.2, 0) is 11.3 Å². The van der Waals surface area contributed by atoms with Gasteiger partial charge in [0.15, 0.2) is 0 Å². The normalized spacial score (nSPS) is 15.9. The van der Waals surface area contributed by atoms with E-state index in [1.165, 1.54) is 0 Å². The van der Waals surface area contributed by atoms with Gasteiger partial charge in [0, 0.05) is 11.3 Å². The van der Waals surface area contributed by atoms with E-state index in [1.54, 1.807) is 29.2 Å². The molecule has 2 aromatic rings. The second-order valence-corrected chi connectivity index (χ2v) is 6.07. The zero-order valence-electron chi connectivity index (χ0n) is 13.9. The summed E-state index contributed by atoms with van der Waals surface area (Å²) < 4.78 is 5.00. The third-order valence-corrected chi connectivity index (χ3v) is 4.45. The van der Waals surface area contributed by atoms with Crippen LogP contribution >= 0.6 is 0 Å². The zero-order valence-corrected chi connectivity index (χ0v) is 13.9. The van der Waals surface area contributed by atoms with E-state index in [0.29, 0.717) is 19.7 Å². The van der Waals surface area contributed by atoms with Crippen LogP contribution in [0.15, 0.2) is 53.5 Å². The van der Waals surface area contributed by atoms with Crippen molar-refractivity contribution in [2.45, 2.75) is 6.54 Å². The number of carbonyl (C=O) groups excluding carboxylic acids is 1. The number of carboxylic acids is 1. The number of carboxylic acid groups (broad SMARTS) is 1. The first-order chi connectivity index (χ1) is 12.6. The topological polar surface area (TPSA) is 79.2 Å². The number of ether oxygens (including phenoxy) is 1. The third kappa shape index (κ3) is 2.97. The van der Waals surface area contributed by atoms with Crippen LogP contribution in [0.25, 0.3) is 6.08 Å². The zero-order chi connectivity index (χ0) is 18.1. The number of amides is 1. The number of aliphatic imine (C=N–C) groups is 1. The molecular formula is C20H16N2O4. The van der Waals surface area contributed by atoms with E-state index < -0.39 is 5.97 Å². The highest BCUT2D eigenvalue weighted by atomic mass is 16.6. The SMILES string of the molecule is O=C(O)c1ccc(/C=C/C2=NCc3ccc(N4CCOC4=O)cc32)cc1. The number of carbonyl (C=O) groups is 2. The lowest BCUT2D eigenvalue weighted by Crippen LogP contribution is -2.23. The molecule has 0 radical (unpaired) electrons.